The number of fused-ring (bicyclic) bond motifs is 1. The molecule has 2 aromatic carbocycles. The largest absolute Gasteiger partial charge is 0.488 e. The van der Waals surface area contributed by atoms with Gasteiger partial charge in [0.2, 0.25) is 11.8 Å². The van der Waals surface area contributed by atoms with E-state index < -0.39 is 48.8 Å². The van der Waals surface area contributed by atoms with Crippen molar-refractivity contribution >= 4 is 17.7 Å². The number of carbonyl (C=O) groups is 3. The van der Waals surface area contributed by atoms with Crippen molar-refractivity contribution in [2.45, 2.75) is 38.4 Å². The normalized spacial score (nSPS) is 26.9. The smallest absolute Gasteiger partial charge is 0.255 e. The van der Waals surface area contributed by atoms with Crippen molar-refractivity contribution in [3.8, 4) is 5.75 Å². The quantitative estimate of drug-likeness (QED) is 0.646. The van der Waals surface area contributed by atoms with E-state index in [4.69, 9.17) is 17.7 Å². The molecule has 5 rings (SSSR count). The van der Waals surface area contributed by atoms with Crippen molar-refractivity contribution in [2.75, 3.05) is 26.3 Å². The first-order chi connectivity index (χ1) is 18.8. The molecule has 8 nitrogen and oxygen atoms in total. The first-order valence-corrected chi connectivity index (χ1v) is 10.8. The fraction of sp³-hybridized carbons (Fsp3) is 0.400. The molecule has 0 aromatic heterocycles. The summed E-state index contributed by atoms with van der Waals surface area (Å²) in [5.41, 5.74) is 0.688. The SMILES string of the molecule is [2H]C([2H])(c1ccc(COc2cccc3c2CN([C@H]2C(=O)NC(=O)C([2H])([2H])C2([2H])[2H])C3=O)c(F)c1)N1CCOCC1. The molecular weight excluding hydrogens is 441 g/mol. The summed E-state index contributed by atoms with van der Waals surface area (Å²) in [6.45, 7) is -0.942. The van der Waals surface area contributed by atoms with Crippen LogP contribution < -0.4 is 10.1 Å². The maximum atomic E-state index is 15.0. The number of hydrogen-bond acceptors (Lipinski definition) is 6. The van der Waals surface area contributed by atoms with Crippen LogP contribution in [-0.2, 0) is 34.0 Å². The average molecular weight is 474 g/mol. The second kappa shape index (κ2) is 9.52. The molecule has 9 heteroatoms. The van der Waals surface area contributed by atoms with Gasteiger partial charge in [-0.25, -0.2) is 4.39 Å². The molecule has 0 aliphatic carbocycles. The van der Waals surface area contributed by atoms with Crippen LogP contribution in [0.3, 0.4) is 0 Å². The number of carbonyl (C=O) groups excluding carboxylic acids is 3. The third-order valence-electron chi connectivity index (χ3n) is 5.81. The summed E-state index contributed by atoms with van der Waals surface area (Å²) in [6, 6.07) is 6.58. The predicted molar refractivity (Wildman–Crippen MR) is 119 cm³/mol. The van der Waals surface area contributed by atoms with Gasteiger partial charge in [-0.2, -0.15) is 0 Å². The maximum Gasteiger partial charge on any atom is 0.255 e. The topological polar surface area (TPSA) is 88.2 Å². The van der Waals surface area contributed by atoms with Crippen molar-refractivity contribution in [3.63, 3.8) is 0 Å². The summed E-state index contributed by atoms with van der Waals surface area (Å²) in [5.74, 6) is -3.79. The fourth-order valence-corrected chi connectivity index (χ4v) is 4.05. The van der Waals surface area contributed by atoms with Crippen LogP contribution in [0.2, 0.25) is 0 Å². The molecule has 0 unspecified atom stereocenters. The Morgan fingerprint density at radius 2 is 2.03 bits per heavy atom. The average Bonchev–Trinajstić information content (AvgIpc) is 3.23. The highest BCUT2D eigenvalue weighted by atomic mass is 19.1. The standard InChI is InChI=1S/C25H26FN3O5/c26-20-12-16(13-28-8-10-33-11-9-28)4-5-17(20)15-34-22-3-1-2-18-19(22)14-29(25(18)32)21-6-7-23(30)27-24(21)31/h1-5,12,21H,6-11,13-15H2,(H,27,30,31)/t21-/m1/s1/i6D2,7D2,13D2. The monoisotopic (exact) mass is 473 g/mol. The predicted octanol–water partition coefficient (Wildman–Crippen LogP) is 2.00. The highest BCUT2D eigenvalue weighted by Crippen LogP contribution is 2.34. The fourth-order valence-electron chi connectivity index (χ4n) is 4.05. The molecule has 3 aliphatic heterocycles. The maximum absolute atomic E-state index is 15.0. The third kappa shape index (κ3) is 4.53. The van der Waals surface area contributed by atoms with Crippen LogP contribution in [0.4, 0.5) is 4.39 Å². The Morgan fingerprint density at radius 1 is 1.21 bits per heavy atom. The molecule has 0 spiro atoms. The number of morpholine rings is 1. The van der Waals surface area contributed by atoms with E-state index in [2.05, 4.69) is 0 Å². The van der Waals surface area contributed by atoms with Crippen LogP contribution in [0.15, 0.2) is 36.4 Å². The van der Waals surface area contributed by atoms with Crippen molar-refractivity contribution in [2.24, 2.45) is 0 Å². The van der Waals surface area contributed by atoms with Crippen LogP contribution in [-0.4, -0.2) is 59.9 Å². The molecule has 3 heterocycles. The molecule has 0 radical (unpaired) electrons. The molecule has 1 atom stereocenters. The van der Waals surface area contributed by atoms with E-state index in [1.165, 1.54) is 30.3 Å². The number of halogens is 1. The van der Waals surface area contributed by atoms with Crippen LogP contribution in [0.1, 0.15) is 48.0 Å². The Hall–Kier alpha value is -3.30. The van der Waals surface area contributed by atoms with Gasteiger partial charge in [0.15, 0.2) is 0 Å². The van der Waals surface area contributed by atoms with Gasteiger partial charge in [0.25, 0.3) is 5.91 Å². The van der Waals surface area contributed by atoms with E-state index in [0.29, 0.717) is 31.9 Å². The molecule has 2 fully saturated rings. The molecule has 1 N–H and O–H groups in total. The van der Waals surface area contributed by atoms with Crippen LogP contribution in [0.5, 0.6) is 5.75 Å². The van der Waals surface area contributed by atoms with Crippen LogP contribution in [0, 0.1) is 5.82 Å². The number of imide groups is 1. The highest BCUT2D eigenvalue weighted by molar-refractivity contribution is 6.05. The number of nitrogens with one attached hydrogen (secondary N) is 1. The highest BCUT2D eigenvalue weighted by Gasteiger charge is 2.40. The minimum Gasteiger partial charge on any atom is -0.488 e. The van der Waals surface area contributed by atoms with Crippen molar-refractivity contribution in [1.29, 1.82) is 0 Å². The molecular formula is C25H26FN3O5. The molecule has 2 saturated heterocycles. The summed E-state index contributed by atoms with van der Waals surface area (Å²) in [7, 11) is 0. The van der Waals surface area contributed by atoms with Gasteiger partial charge in [0.1, 0.15) is 24.2 Å². The summed E-state index contributed by atoms with van der Waals surface area (Å²) in [5, 5.41) is 1.81. The summed E-state index contributed by atoms with van der Waals surface area (Å²) in [4.78, 5) is 40.1. The molecule has 34 heavy (non-hydrogen) atoms. The van der Waals surface area contributed by atoms with Gasteiger partial charge < -0.3 is 14.4 Å². The van der Waals surface area contributed by atoms with Crippen molar-refractivity contribution in [1.82, 2.24) is 15.1 Å². The Labute approximate surface area is 205 Å². The second-order valence-corrected chi connectivity index (χ2v) is 8.01. The Balaban J connectivity index is 1.34. The number of nitrogens with zero attached hydrogens (tertiary/aromatic N) is 2. The molecule has 3 aliphatic rings. The molecule has 0 bridgehead atoms. The second-order valence-electron chi connectivity index (χ2n) is 8.01. The number of ether oxygens (including phenoxy) is 2. The molecule has 0 saturated carbocycles. The van der Waals surface area contributed by atoms with Crippen molar-refractivity contribution in [3.05, 3.63) is 64.5 Å². The Kier molecular flexibility index (Phi) is 4.58. The summed E-state index contributed by atoms with van der Waals surface area (Å²) >= 11 is 0. The van der Waals surface area contributed by atoms with Gasteiger partial charge >= 0.3 is 0 Å². The number of piperidine rings is 1. The van der Waals surface area contributed by atoms with Gasteiger partial charge in [-0.3, -0.25) is 24.6 Å². The first kappa shape index (κ1) is 16.3. The van der Waals surface area contributed by atoms with Gasteiger partial charge in [-0.1, -0.05) is 18.2 Å². The zero-order chi connectivity index (χ0) is 29.0. The number of amides is 3. The van der Waals surface area contributed by atoms with Crippen molar-refractivity contribution < 1.29 is 36.5 Å². The molecule has 2 aromatic rings. The van der Waals surface area contributed by atoms with Gasteiger partial charge in [-0.05, 0) is 30.1 Å². The zero-order valence-electron chi connectivity index (χ0n) is 24.1. The minimum absolute atomic E-state index is 0.105. The number of hydrogen-bond donors (Lipinski definition) is 1. The van der Waals surface area contributed by atoms with Gasteiger partial charge in [-0.15, -0.1) is 0 Å². The minimum atomic E-state index is -3.07. The lowest BCUT2D eigenvalue weighted by atomic mass is 10.0. The van der Waals surface area contributed by atoms with E-state index in [-0.39, 0.29) is 35.6 Å². The lowest BCUT2D eigenvalue weighted by molar-refractivity contribution is -0.136. The van der Waals surface area contributed by atoms with E-state index >= 15 is 4.39 Å². The van der Waals surface area contributed by atoms with Gasteiger partial charge in [0.05, 0.1) is 19.8 Å². The van der Waals surface area contributed by atoms with E-state index in [1.807, 2.05) is 5.32 Å². The lowest BCUT2D eigenvalue weighted by Gasteiger charge is -2.29. The molecule has 3 amide bonds. The zero-order valence-corrected chi connectivity index (χ0v) is 18.1. The van der Waals surface area contributed by atoms with E-state index in [9.17, 15) is 14.4 Å². The summed E-state index contributed by atoms with van der Waals surface area (Å²) in [6.07, 6.45) is -6.08. The summed E-state index contributed by atoms with van der Waals surface area (Å²) < 4.78 is 75.2. The van der Waals surface area contributed by atoms with E-state index in [1.54, 1.807) is 4.90 Å². The lowest BCUT2D eigenvalue weighted by Crippen LogP contribution is -2.52. The number of rotatable bonds is 6. The third-order valence-corrected chi connectivity index (χ3v) is 5.81. The molecule has 178 valence electrons. The van der Waals surface area contributed by atoms with E-state index in [0.717, 1.165) is 11.0 Å². The van der Waals surface area contributed by atoms with Crippen LogP contribution in [0.25, 0.3) is 0 Å². The first-order valence-electron chi connectivity index (χ1n) is 13.8. The van der Waals surface area contributed by atoms with Gasteiger partial charge in [0, 0.05) is 50.9 Å². The van der Waals surface area contributed by atoms with Crippen LogP contribution >= 0.6 is 0 Å². The Morgan fingerprint density at radius 3 is 2.82 bits per heavy atom. The Bertz CT molecular complexity index is 1380. The number of benzene rings is 2.